The Bertz CT molecular complexity index is 3540. The molecule has 0 amide bonds. The topological polar surface area (TPSA) is 30.7 Å². The highest BCUT2D eigenvalue weighted by molar-refractivity contribution is 6.13. The fourth-order valence-corrected chi connectivity index (χ4v) is 9.60. The molecule has 0 saturated heterocycles. The van der Waals surface area contributed by atoms with Crippen LogP contribution in [-0.2, 0) is 6.18 Å². The standard InChI is InChI=1S/C62H44F3N3/c1-39-16-14-23-44(32-39)52-36-48(57-38-56(42-19-6-4-7-20-42)66-61(67-57)43-21-8-5-9-22-43)37-53(45-24-15-25-49(33-45)62(63,64)65)60(52)68-58-30-28-46(50-26-12-10-17-40(50)2)34-54(58)55-35-47(29-31-59(55)68)51-27-13-11-18-41(51)3/h4-38H,1-3H3. The van der Waals surface area contributed by atoms with Crippen molar-refractivity contribution in [3.63, 3.8) is 0 Å². The predicted octanol–water partition coefficient (Wildman–Crippen LogP) is 17.2. The molecule has 11 aromatic rings. The van der Waals surface area contributed by atoms with E-state index in [1.54, 1.807) is 6.07 Å². The average molecular weight is 888 g/mol. The van der Waals surface area contributed by atoms with Gasteiger partial charge in [-0.2, -0.15) is 13.2 Å². The van der Waals surface area contributed by atoms with Crippen molar-refractivity contribution in [3.05, 3.63) is 235 Å². The molecule has 0 bridgehead atoms. The van der Waals surface area contributed by atoms with Crippen molar-refractivity contribution in [1.29, 1.82) is 0 Å². The third kappa shape index (κ3) is 7.84. The van der Waals surface area contributed by atoms with Gasteiger partial charge >= 0.3 is 6.18 Å². The first kappa shape index (κ1) is 42.3. The number of halogens is 3. The van der Waals surface area contributed by atoms with Crippen LogP contribution >= 0.6 is 0 Å². The fourth-order valence-electron chi connectivity index (χ4n) is 9.60. The highest BCUT2D eigenvalue weighted by Crippen LogP contribution is 2.46. The van der Waals surface area contributed by atoms with E-state index >= 15 is 0 Å². The van der Waals surface area contributed by atoms with Gasteiger partial charge in [-0.3, -0.25) is 0 Å². The van der Waals surface area contributed by atoms with Gasteiger partial charge in [0.25, 0.3) is 0 Å². The van der Waals surface area contributed by atoms with E-state index in [9.17, 15) is 13.2 Å². The minimum Gasteiger partial charge on any atom is -0.308 e. The molecule has 11 rings (SSSR count). The van der Waals surface area contributed by atoms with Crippen molar-refractivity contribution in [3.8, 4) is 84.1 Å². The number of aryl methyl sites for hydroxylation is 3. The average Bonchev–Trinajstić information content (AvgIpc) is 3.69. The number of alkyl halides is 3. The van der Waals surface area contributed by atoms with Crippen LogP contribution in [0.1, 0.15) is 22.3 Å². The molecule has 6 heteroatoms. The molecule has 0 radical (unpaired) electrons. The fraction of sp³-hybridized carbons (Fsp3) is 0.0645. The summed E-state index contributed by atoms with van der Waals surface area (Å²) in [5.41, 5.74) is 16.3. The van der Waals surface area contributed by atoms with Gasteiger partial charge in [0, 0.05) is 38.6 Å². The van der Waals surface area contributed by atoms with Gasteiger partial charge in [0.05, 0.1) is 33.7 Å². The van der Waals surface area contributed by atoms with Gasteiger partial charge < -0.3 is 4.57 Å². The maximum Gasteiger partial charge on any atom is 0.416 e. The first-order valence-corrected chi connectivity index (χ1v) is 22.7. The van der Waals surface area contributed by atoms with Gasteiger partial charge in [0.15, 0.2) is 5.82 Å². The molecule has 0 unspecified atom stereocenters. The summed E-state index contributed by atoms with van der Waals surface area (Å²) in [4.78, 5) is 10.3. The zero-order chi connectivity index (χ0) is 46.5. The monoisotopic (exact) mass is 887 g/mol. The molecular weight excluding hydrogens is 844 g/mol. The van der Waals surface area contributed by atoms with Crippen molar-refractivity contribution < 1.29 is 13.2 Å². The molecule has 0 atom stereocenters. The third-order valence-electron chi connectivity index (χ3n) is 13.0. The lowest BCUT2D eigenvalue weighted by Crippen LogP contribution is -2.06. The Hall–Kier alpha value is -8.35. The Labute approximate surface area is 393 Å². The minimum absolute atomic E-state index is 0.425. The lowest BCUT2D eigenvalue weighted by molar-refractivity contribution is -0.137. The number of hydrogen-bond donors (Lipinski definition) is 0. The van der Waals surface area contributed by atoms with E-state index in [2.05, 4.69) is 135 Å². The molecule has 0 saturated carbocycles. The quantitative estimate of drug-likeness (QED) is 0.152. The smallest absolute Gasteiger partial charge is 0.308 e. The van der Waals surface area contributed by atoms with Crippen LogP contribution in [0.2, 0.25) is 0 Å². The Balaban J connectivity index is 1.28. The van der Waals surface area contributed by atoms with E-state index < -0.39 is 11.7 Å². The van der Waals surface area contributed by atoms with E-state index in [0.717, 1.165) is 106 Å². The van der Waals surface area contributed by atoms with E-state index in [0.29, 0.717) is 22.6 Å². The SMILES string of the molecule is Cc1cccc(-c2cc(-c3cc(-c4ccccc4)nc(-c4ccccc4)n3)cc(-c3cccc(C(F)(F)F)c3)c2-n2c3ccc(-c4ccccc4C)cc3c3cc(-c4ccccc4C)ccc32)c1. The Morgan fingerprint density at radius 3 is 1.38 bits per heavy atom. The molecule has 2 heterocycles. The summed E-state index contributed by atoms with van der Waals surface area (Å²) in [5.74, 6) is 0.542. The van der Waals surface area contributed by atoms with E-state index in [4.69, 9.17) is 9.97 Å². The zero-order valence-electron chi connectivity index (χ0n) is 37.7. The van der Waals surface area contributed by atoms with Gasteiger partial charge in [-0.1, -0.05) is 163 Å². The summed E-state index contributed by atoms with van der Waals surface area (Å²) in [6, 6.07) is 69.9. The summed E-state index contributed by atoms with van der Waals surface area (Å²) >= 11 is 0. The summed E-state index contributed by atoms with van der Waals surface area (Å²) in [6.07, 6.45) is -4.57. The highest BCUT2D eigenvalue weighted by Gasteiger charge is 2.31. The minimum atomic E-state index is -4.57. The van der Waals surface area contributed by atoms with Gasteiger partial charge in [-0.25, -0.2) is 9.97 Å². The summed E-state index contributed by atoms with van der Waals surface area (Å²) in [5, 5.41) is 2.06. The molecule has 0 aliphatic rings. The largest absolute Gasteiger partial charge is 0.416 e. The van der Waals surface area contributed by atoms with Gasteiger partial charge in [0.2, 0.25) is 0 Å². The van der Waals surface area contributed by atoms with Crippen molar-refractivity contribution in [2.45, 2.75) is 26.9 Å². The summed E-state index contributed by atoms with van der Waals surface area (Å²) in [7, 11) is 0. The van der Waals surface area contributed by atoms with Gasteiger partial charge in [-0.15, -0.1) is 0 Å². The molecule has 0 aliphatic heterocycles. The van der Waals surface area contributed by atoms with Crippen LogP contribution in [-0.4, -0.2) is 14.5 Å². The van der Waals surface area contributed by atoms with E-state index in [1.165, 1.54) is 12.1 Å². The number of hydrogen-bond acceptors (Lipinski definition) is 2. The maximum atomic E-state index is 14.8. The van der Waals surface area contributed by atoms with Crippen LogP contribution in [0, 0.1) is 20.8 Å². The Kier molecular flexibility index (Phi) is 10.7. The van der Waals surface area contributed by atoms with Crippen molar-refractivity contribution in [2.24, 2.45) is 0 Å². The second-order valence-corrected chi connectivity index (χ2v) is 17.5. The molecule has 0 N–H and O–H groups in total. The van der Waals surface area contributed by atoms with Gasteiger partial charge in [0.1, 0.15) is 0 Å². The van der Waals surface area contributed by atoms with Gasteiger partial charge in [-0.05, 0) is 120 Å². The van der Waals surface area contributed by atoms with E-state index in [-0.39, 0.29) is 0 Å². The summed E-state index contributed by atoms with van der Waals surface area (Å²) < 4.78 is 46.7. The van der Waals surface area contributed by atoms with Crippen LogP contribution in [0.5, 0.6) is 0 Å². The Morgan fingerprint density at radius 1 is 0.368 bits per heavy atom. The van der Waals surface area contributed by atoms with Crippen LogP contribution in [0.15, 0.2) is 212 Å². The predicted molar refractivity (Wildman–Crippen MR) is 274 cm³/mol. The highest BCUT2D eigenvalue weighted by atomic mass is 19.4. The zero-order valence-corrected chi connectivity index (χ0v) is 37.7. The number of fused-ring (bicyclic) bond motifs is 3. The van der Waals surface area contributed by atoms with Crippen molar-refractivity contribution >= 4 is 21.8 Å². The maximum absolute atomic E-state index is 14.8. The first-order valence-electron chi connectivity index (χ1n) is 22.7. The molecule has 0 spiro atoms. The van der Waals surface area contributed by atoms with Crippen LogP contribution in [0.25, 0.3) is 106 Å². The third-order valence-corrected chi connectivity index (χ3v) is 13.0. The first-order chi connectivity index (χ1) is 33.1. The number of nitrogens with zero attached hydrogens (tertiary/aromatic N) is 3. The van der Waals surface area contributed by atoms with Crippen molar-refractivity contribution in [1.82, 2.24) is 14.5 Å². The molecule has 328 valence electrons. The van der Waals surface area contributed by atoms with Crippen molar-refractivity contribution in [2.75, 3.05) is 0 Å². The molecular formula is C62H44F3N3. The molecule has 3 nitrogen and oxygen atoms in total. The molecule has 68 heavy (non-hydrogen) atoms. The number of benzene rings is 9. The van der Waals surface area contributed by atoms with Crippen LogP contribution < -0.4 is 0 Å². The lowest BCUT2D eigenvalue weighted by atomic mass is 9.90. The molecule has 0 fully saturated rings. The number of aromatic nitrogens is 3. The molecule has 2 aromatic heterocycles. The lowest BCUT2D eigenvalue weighted by Gasteiger charge is -2.22. The molecule has 9 aromatic carbocycles. The second-order valence-electron chi connectivity index (χ2n) is 17.5. The van der Waals surface area contributed by atoms with E-state index in [1.807, 2.05) is 78.9 Å². The second kappa shape index (κ2) is 17.1. The van der Waals surface area contributed by atoms with Crippen LogP contribution in [0.4, 0.5) is 13.2 Å². The van der Waals surface area contributed by atoms with Crippen LogP contribution in [0.3, 0.4) is 0 Å². The summed E-state index contributed by atoms with van der Waals surface area (Å²) in [6.45, 7) is 6.31. The number of rotatable bonds is 8. The Morgan fingerprint density at radius 2 is 0.838 bits per heavy atom. The normalized spacial score (nSPS) is 11.7. The molecule has 0 aliphatic carbocycles.